The summed E-state index contributed by atoms with van der Waals surface area (Å²) in [6.45, 7) is 0.633. The van der Waals surface area contributed by atoms with Crippen LogP contribution < -0.4 is 10.2 Å². The lowest BCUT2D eigenvalue weighted by atomic mass is 10.3. The Morgan fingerprint density at radius 2 is 2.14 bits per heavy atom. The summed E-state index contributed by atoms with van der Waals surface area (Å²) >= 11 is 1.58. The van der Waals surface area contributed by atoms with E-state index in [9.17, 15) is 9.90 Å². The van der Waals surface area contributed by atoms with Crippen LogP contribution in [0.3, 0.4) is 0 Å². The summed E-state index contributed by atoms with van der Waals surface area (Å²) in [4.78, 5) is 19.9. The zero-order valence-corrected chi connectivity index (χ0v) is 13.1. The maximum atomic E-state index is 12.2. The summed E-state index contributed by atoms with van der Waals surface area (Å²) in [6, 6.07) is 9.63. The smallest absolute Gasteiger partial charge is 0.245 e. The number of nitrogens with one attached hydrogen (secondary N) is 1. The highest BCUT2D eigenvalue weighted by Crippen LogP contribution is 2.30. The van der Waals surface area contributed by atoms with Crippen LogP contribution in [0, 0.1) is 0 Å². The number of hydrogen-bond donors (Lipinski definition) is 2. The summed E-state index contributed by atoms with van der Waals surface area (Å²) in [6.07, 6.45) is 3.26. The summed E-state index contributed by atoms with van der Waals surface area (Å²) in [5, 5.41) is 12.8. The SMILES string of the molecule is O=C(CN(CCO)c1ccccc1)Nc1nc2c(s1)CCC2. The predicted molar refractivity (Wildman–Crippen MR) is 88.5 cm³/mol. The van der Waals surface area contributed by atoms with Crippen molar-refractivity contribution in [1.82, 2.24) is 4.98 Å². The van der Waals surface area contributed by atoms with Crippen LogP contribution in [0.2, 0.25) is 0 Å². The van der Waals surface area contributed by atoms with Crippen molar-refractivity contribution in [2.45, 2.75) is 19.3 Å². The third-order valence-corrected chi connectivity index (χ3v) is 4.74. The summed E-state index contributed by atoms with van der Waals surface area (Å²) in [7, 11) is 0. The fraction of sp³-hybridized carbons (Fsp3) is 0.375. The summed E-state index contributed by atoms with van der Waals surface area (Å²) in [5.74, 6) is -0.107. The van der Waals surface area contributed by atoms with E-state index < -0.39 is 0 Å². The molecule has 2 N–H and O–H groups in total. The van der Waals surface area contributed by atoms with Gasteiger partial charge in [0.2, 0.25) is 5.91 Å². The predicted octanol–water partition coefficient (Wildman–Crippen LogP) is 2.07. The van der Waals surface area contributed by atoms with Gasteiger partial charge in [0, 0.05) is 17.1 Å². The third kappa shape index (κ3) is 3.45. The van der Waals surface area contributed by atoms with Crippen LogP contribution >= 0.6 is 11.3 Å². The number of anilines is 2. The van der Waals surface area contributed by atoms with Crippen LogP contribution in [0.1, 0.15) is 17.0 Å². The van der Waals surface area contributed by atoms with Gasteiger partial charge >= 0.3 is 0 Å². The number of thiazole rings is 1. The Kier molecular flexibility index (Phi) is 4.70. The van der Waals surface area contributed by atoms with E-state index in [0.29, 0.717) is 11.7 Å². The average molecular weight is 317 g/mol. The Bertz CT molecular complexity index is 621. The van der Waals surface area contributed by atoms with E-state index >= 15 is 0 Å². The lowest BCUT2D eigenvalue weighted by molar-refractivity contribution is -0.115. The molecule has 1 aromatic carbocycles. The van der Waals surface area contributed by atoms with Crippen molar-refractivity contribution in [3.05, 3.63) is 40.9 Å². The maximum absolute atomic E-state index is 12.2. The van der Waals surface area contributed by atoms with Crippen LogP contribution in [-0.2, 0) is 17.6 Å². The standard InChI is InChI=1S/C16H19N3O2S/c20-10-9-19(12-5-2-1-3-6-12)11-15(21)18-16-17-13-7-4-8-14(13)22-16/h1-3,5-6,20H,4,7-11H2,(H,17,18,21). The molecule has 1 aliphatic rings. The first-order valence-electron chi connectivity index (χ1n) is 7.45. The first kappa shape index (κ1) is 15.0. The number of fused-ring (bicyclic) bond motifs is 1. The molecule has 6 heteroatoms. The molecule has 5 nitrogen and oxygen atoms in total. The van der Waals surface area contributed by atoms with Gasteiger partial charge in [0.15, 0.2) is 5.13 Å². The molecule has 1 heterocycles. The van der Waals surface area contributed by atoms with Crippen LogP contribution in [0.25, 0.3) is 0 Å². The molecule has 0 spiro atoms. The number of nitrogens with zero attached hydrogens (tertiary/aromatic N) is 2. The van der Waals surface area contributed by atoms with Gasteiger partial charge in [0.1, 0.15) is 0 Å². The van der Waals surface area contributed by atoms with E-state index in [1.54, 1.807) is 11.3 Å². The second kappa shape index (κ2) is 6.89. The summed E-state index contributed by atoms with van der Waals surface area (Å²) in [5.41, 5.74) is 2.06. The van der Waals surface area contributed by atoms with E-state index in [-0.39, 0.29) is 19.1 Å². The Labute approximate surface area is 133 Å². The molecule has 0 aliphatic heterocycles. The number of carbonyl (C=O) groups is 1. The number of aryl methyl sites for hydroxylation is 2. The van der Waals surface area contributed by atoms with E-state index in [0.717, 1.165) is 24.2 Å². The number of aromatic nitrogens is 1. The van der Waals surface area contributed by atoms with E-state index in [1.165, 1.54) is 11.3 Å². The molecule has 0 fully saturated rings. The molecule has 0 bridgehead atoms. The van der Waals surface area contributed by atoms with Crippen molar-refractivity contribution in [3.8, 4) is 0 Å². The Morgan fingerprint density at radius 1 is 1.32 bits per heavy atom. The Morgan fingerprint density at radius 3 is 2.86 bits per heavy atom. The van der Waals surface area contributed by atoms with Crippen LogP contribution in [0.15, 0.2) is 30.3 Å². The van der Waals surface area contributed by atoms with Crippen molar-refractivity contribution in [3.63, 3.8) is 0 Å². The molecule has 1 aliphatic carbocycles. The number of benzene rings is 1. The normalized spacial score (nSPS) is 13.0. The fourth-order valence-electron chi connectivity index (χ4n) is 2.63. The second-order valence-corrected chi connectivity index (χ2v) is 6.35. The molecule has 0 saturated carbocycles. The van der Waals surface area contributed by atoms with Crippen molar-refractivity contribution < 1.29 is 9.90 Å². The quantitative estimate of drug-likeness (QED) is 0.856. The molecular weight excluding hydrogens is 298 g/mol. The second-order valence-electron chi connectivity index (χ2n) is 5.27. The van der Waals surface area contributed by atoms with Gasteiger partial charge in [-0.15, -0.1) is 11.3 Å². The lowest BCUT2D eigenvalue weighted by Crippen LogP contribution is -2.35. The highest BCUT2D eigenvalue weighted by atomic mass is 32.1. The molecule has 116 valence electrons. The molecule has 0 atom stereocenters. The van der Waals surface area contributed by atoms with E-state index in [2.05, 4.69) is 10.3 Å². The summed E-state index contributed by atoms with van der Waals surface area (Å²) < 4.78 is 0. The molecule has 22 heavy (non-hydrogen) atoms. The number of aliphatic hydroxyl groups excluding tert-OH is 1. The number of para-hydroxylation sites is 1. The molecule has 0 radical (unpaired) electrons. The molecule has 0 unspecified atom stereocenters. The Hall–Kier alpha value is -1.92. The largest absolute Gasteiger partial charge is 0.395 e. The average Bonchev–Trinajstić information content (AvgIpc) is 3.09. The minimum Gasteiger partial charge on any atom is -0.395 e. The third-order valence-electron chi connectivity index (χ3n) is 3.67. The monoisotopic (exact) mass is 317 g/mol. The molecular formula is C16H19N3O2S. The number of rotatable bonds is 6. The molecule has 1 amide bonds. The molecule has 2 aromatic rings. The first-order valence-corrected chi connectivity index (χ1v) is 8.27. The minimum absolute atomic E-state index is 0.00766. The topological polar surface area (TPSA) is 65.5 Å². The molecule has 3 rings (SSSR count). The van der Waals surface area contributed by atoms with Gasteiger partial charge in [0.05, 0.1) is 18.8 Å². The number of amides is 1. The van der Waals surface area contributed by atoms with Crippen LogP contribution in [0.5, 0.6) is 0 Å². The van der Waals surface area contributed by atoms with Crippen molar-refractivity contribution in [2.75, 3.05) is 29.9 Å². The van der Waals surface area contributed by atoms with Gasteiger partial charge in [-0.3, -0.25) is 4.79 Å². The van der Waals surface area contributed by atoms with Gasteiger partial charge in [0.25, 0.3) is 0 Å². The van der Waals surface area contributed by atoms with Gasteiger partial charge in [-0.25, -0.2) is 4.98 Å². The van der Waals surface area contributed by atoms with Gasteiger partial charge in [-0.1, -0.05) is 18.2 Å². The fourth-order valence-corrected chi connectivity index (χ4v) is 3.70. The van der Waals surface area contributed by atoms with Crippen molar-refractivity contribution in [2.24, 2.45) is 0 Å². The maximum Gasteiger partial charge on any atom is 0.245 e. The zero-order valence-electron chi connectivity index (χ0n) is 12.3. The molecule has 1 aromatic heterocycles. The number of aliphatic hydroxyl groups is 1. The van der Waals surface area contributed by atoms with Gasteiger partial charge < -0.3 is 15.3 Å². The molecule has 0 saturated heterocycles. The zero-order chi connectivity index (χ0) is 15.4. The van der Waals surface area contributed by atoms with Gasteiger partial charge in [-0.2, -0.15) is 0 Å². The van der Waals surface area contributed by atoms with Crippen molar-refractivity contribution >= 4 is 28.1 Å². The van der Waals surface area contributed by atoms with E-state index in [1.807, 2.05) is 35.2 Å². The van der Waals surface area contributed by atoms with Crippen LogP contribution in [0.4, 0.5) is 10.8 Å². The van der Waals surface area contributed by atoms with Gasteiger partial charge in [-0.05, 0) is 31.4 Å². The lowest BCUT2D eigenvalue weighted by Gasteiger charge is -2.22. The number of carbonyl (C=O) groups excluding carboxylic acids is 1. The first-order chi connectivity index (χ1) is 10.8. The van der Waals surface area contributed by atoms with E-state index in [4.69, 9.17) is 0 Å². The van der Waals surface area contributed by atoms with Crippen LogP contribution in [-0.4, -0.2) is 35.7 Å². The highest BCUT2D eigenvalue weighted by Gasteiger charge is 2.18. The van der Waals surface area contributed by atoms with Crippen molar-refractivity contribution in [1.29, 1.82) is 0 Å². The Balaban J connectivity index is 1.63. The number of hydrogen-bond acceptors (Lipinski definition) is 5. The highest BCUT2D eigenvalue weighted by molar-refractivity contribution is 7.15. The minimum atomic E-state index is -0.107.